The van der Waals surface area contributed by atoms with Crippen LogP contribution in [0, 0.1) is 6.92 Å². The molecule has 0 radical (unpaired) electrons. The largest absolute Gasteiger partial charge is 0.379 e. The van der Waals surface area contributed by atoms with Crippen LogP contribution in [-0.4, -0.2) is 77.2 Å². The van der Waals surface area contributed by atoms with Crippen LogP contribution in [0.1, 0.15) is 35.7 Å². The molecule has 2 aliphatic rings. The topological polar surface area (TPSA) is 91.3 Å². The average Bonchev–Trinajstić information content (AvgIpc) is 3.15. The standard InChI is InChI=1S/C27H32N4O4S/c1-19-4-8-23(9-5-19)29-27-31(13-3-12-30-14-16-35-17-15-30)26(34)24(36-27)18-25(33)28-22-10-6-21(7-11-22)20(2)32/h4-11,24H,3,12-18H2,1-2H3,(H,28,33)/t24-/m0/s1. The fraction of sp³-hybridized carbons (Fsp3) is 0.407. The predicted molar refractivity (Wildman–Crippen MR) is 143 cm³/mol. The monoisotopic (exact) mass is 508 g/mol. The van der Waals surface area contributed by atoms with Crippen LogP contribution in [-0.2, 0) is 14.3 Å². The van der Waals surface area contributed by atoms with E-state index in [4.69, 9.17) is 9.73 Å². The number of thioether (sulfide) groups is 1. The van der Waals surface area contributed by atoms with Crippen LogP contribution >= 0.6 is 11.8 Å². The van der Waals surface area contributed by atoms with Gasteiger partial charge in [0.15, 0.2) is 11.0 Å². The fourth-order valence-electron chi connectivity index (χ4n) is 4.11. The van der Waals surface area contributed by atoms with E-state index in [-0.39, 0.29) is 24.0 Å². The number of amidine groups is 1. The van der Waals surface area contributed by atoms with Gasteiger partial charge in [-0.25, -0.2) is 4.99 Å². The van der Waals surface area contributed by atoms with E-state index in [0.29, 0.717) is 23.0 Å². The van der Waals surface area contributed by atoms with E-state index in [0.717, 1.165) is 50.5 Å². The average molecular weight is 509 g/mol. The van der Waals surface area contributed by atoms with E-state index in [2.05, 4.69) is 10.2 Å². The van der Waals surface area contributed by atoms with Gasteiger partial charge < -0.3 is 10.1 Å². The Hall–Kier alpha value is -3.01. The van der Waals surface area contributed by atoms with Crippen molar-refractivity contribution in [3.8, 4) is 0 Å². The highest BCUT2D eigenvalue weighted by Crippen LogP contribution is 2.32. The molecule has 4 rings (SSSR count). The summed E-state index contributed by atoms with van der Waals surface area (Å²) in [4.78, 5) is 46.4. The van der Waals surface area contributed by atoms with Crippen molar-refractivity contribution in [2.45, 2.75) is 31.9 Å². The fourth-order valence-corrected chi connectivity index (χ4v) is 5.29. The van der Waals surface area contributed by atoms with E-state index >= 15 is 0 Å². The predicted octanol–water partition coefficient (Wildman–Crippen LogP) is 3.88. The summed E-state index contributed by atoms with van der Waals surface area (Å²) in [6, 6.07) is 14.6. The van der Waals surface area contributed by atoms with E-state index in [1.54, 1.807) is 29.2 Å². The summed E-state index contributed by atoms with van der Waals surface area (Å²) in [6.45, 7) is 8.26. The molecule has 0 aliphatic carbocycles. The van der Waals surface area contributed by atoms with Crippen molar-refractivity contribution in [1.82, 2.24) is 9.80 Å². The summed E-state index contributed by atoms with van der Waals surface area (Å²) in [6.07, 6.45) is 0.867. The lowest BCUT2D eigenvalue weighted by Gasteiger charge is -2.27. The number of carbonyl (C=O) groups is 3. The number of nitrogens with one attached hydrogen (secondary N) is 1. The number of nitrogens with zero attached hydrogens (tertiary/aromatic N) is 3. The molecule has 0 bridgehead atoms. The molecule has 2 aromatic rings. The van der Waals surface area contributed by atoms with Gasteiger partial charge in [0.1, 0.15) is 5.25 Å². The Kier molecular flexibility index (Phi) is 8.90. The molecule has 2 heterocycles. The van der Waals surface area contributed by atoms with E-state index in [1.165, 1.54) is 18.7 Å². The van der Waals surface area contributed by atoms with Gasteiger partial charge in [0, 0.05) is 43.9 Å². The second-order valence-electron chi connectivity index (χ2n) is 9.02. The molecular weight excluding hydrogens is 476 g/mol. The number of amides is 2. The van der Waals surface area contributed by atoms with Gasteiger partial charge in [0.25, 0.3) is 0 Å². The van der Waals surface area contributed by atoms with Crippen LogP contribution in [0.3, 0.4) is 0 Å². The number of benzene rings is 2. The Morgan fingerprint density at radius 1 is 1.06 bits per heavy atom. The second kappa shape index (κ2) is 12.3. The maximum Gasteiger partial charge on any atom is 0.242 e. The zero-order valence-corrected chi connectivity index (χ0v) is 21.6. The van der Waals surface area contributed by atoms with Gasteiger partial charge in [0.2, 0.25) is 11.8 Å². The van der Waals surface area contributed by atoms with Crippen molar-refractivity contribution in [1.29, 1.82) is 0 Å². The number of morpholine rings is 1. The third-order valence-corrected chi connectivity index (χ3v) is 7.36. The van der Waals surface area contributed by atoms with Crippen LogP contribution < -0.4 is 5.32 Å². The summed E-state index contributed by atoms with van der Waals surface area (Å²) < 4.78 is 5.42. The summed E-state index contributed by atoms with van der Waals surface area (Å²) in [7, 11) is 0. The van der Waals surface area contributed by atoms with E-state index in [9.17, 15) is 14.4 Å². The molecule has 0 unspecified atom stereocenters. The van der Waals surface area contributed by atoms with Gasteiger partial charge in [-0.3, -0.25) is 24.2 Å². The number of aryl methyl sites for hydroxylation is 1. The van der Waals surface area contributed by atoms with Gasteiger partial charge in [0.05, 0.1) is 18.9 Å². The quantitative estimate of drug-likeness (QED) is 0.517. The van der Waals surface area contributed by atoms with Crippen LogP contribution in [0.5, 0.6) is 0 Å². The van der Waals surface area contributed by atoms with Crippen LogP contribution in [0.4, 0.5) is 11.4 Å². The minimum absolute atomic E-state index is 0.0325. The lowest BCUT2D eigenvalue weighted by atomic mass is 10.1. The minimum atomic E-state index is -0.533. The first-order valence-corrected chi connectivity index (χ1v) is 13.1. The number of aliphatic imine (C=N–C) groups is 1. The number of hydrogen-bond acceptors (Lipinski definition) is 7. The summed E-state index contributed by atoms with van der Waals surface area (Å²) >= 11 is 1.34. The number of anilines is 1. The Morgan fingerprint density at radius 2 is 1.75 bits per heavy atom. The Balaban J connectivity index is 1.41. The molecule has 0 saturated carbocycles. The van der Waals surface area contributed by atoms with Crippen molar-refractivity contribution in [3.63, 3.8) is 0 Å². The van der Waals surface area contributed by atoms with Crippen LogP contribution in [0.15, 0.2) is 53.5 Å². The van der Waals surface area contributed by atoms with Crippen molar-refractivity contribution in [3.05, 3.63) is 59.7 Å². The molecule has 190 valence electrons. The number of ether oxygens (including phenoxy) is 1. The van der Waals surface area contributed by atoms with E-state index < -0.39 is 5.25 Å². The normalized spacial score (nSPS) is 19.6. The molecule has 8 nitrogen and oxygen atoms in total. The highest BCUT2D eigenvalue weighted by Gasteiger charge is 2.39. The third-order valence-electron chi connectivity index (χ3n) is 6.18. The number of Topliss-reactive ketones (excluding diaryl/α,β-unsaturated/α-hetero) is 1. The van der Waals surface area contributed by atoms with Gasteiger partial charge in [-0.15, -0.1) is 0 Å². The zero-order chi connectivity index (χ0) is 25.5. The molecular formula is C27H32N4O4S. The molecule has 9 heteroatoms. The Morgan fingerprint density at radius 3 is 2.42 bits per heavy atom. The molecule has 2 saturated heterocycles. The van der Waals surface area contributed by atoms with E-state index in [1.807, 2.05) is 31.2 Å². The highest BCUT2D eigenvalue weighted by atomic mass is 32.2. The zero-order valence-electron chi connectivity index (χ0n) is 20.7. The molecule has 36 heavy (non-hydrogen) atoms. The molecule has 1 atom stereocenters. The maximum absolute atomic E-state index is 13.3. The summed E-state index contributed by atoms with van der Waals surface area (Å²) in [5, 5.41) is 2.94. The first-order valence-electron chi connectivity index (χ1n) is 12.2. The van der Waals surface area contributed by atoms with Crippen molar-refractivity contribution in [2.24, 2.45) is 4.99 Å². The first-order chi connectivity index (χ1) is 17.4. The van der Waals surface area contributed by atoms with Gasteiger partial charge in [-0.05, 0) is 56.7 Å². The molecule has 2 fully saturated rings. The number of rotatable bonds is 9. The smallest absolute Gasteiger partial charge is 0.242 e. The highest BCUT2D eigenvalue weighted by molar-refractivity contribution is 8.15. The lowest BCUT2D eigenvalue weighted by molar-refractivity contribution is -0.128. The van der Waals surface area contributed by atoms with Gasteiger partial charge in [-0.1, -0.05) is 29.5 Å². The van der Waals surface area contributed by atoms with Crippen molar-refractivity contribution < 1.29 is 19.1 Å². The first kappa shape index (κ1) is 26.1. The summed E-state index contributed by atoms with van der Waals surface area (Å²) in [5.74, 6) is -0.369. The van der Waals surface area contributed by atoms with Gasteiger partial charge >= 0.3 is 0 Å². The molecule has 2 aromatic carbocycles. The van der Waals surface area contributed by atoms with Crippen molar-refractivity contribution in [2.75, 3.05) is 44.7 Å². The lowest BCUT2D eigenvalue weighted by Crippen LogP contribution is -2.39. The van der Waals surface area contributed by atoms with Gasteiger partial charge in [-0.2, -0.15) is 0 Å². The minimum Gasteiger partial charge on any atom is -0.379 e. The molecule has 0 spiro atoms. The number of ketones is 1. The second-order valence-corrected chi connectivity index (χ2v) is 10.2. The van der Waals surface area contributed by atoms with Crippen LogP contribution in [0.25, 0.3) is 0 Å². The molecule has 1 N–H and O–H groups in total. The maximum atomic E-state index is 13.3. The molecule has 2 amide bonds. The third kappa shape index (κ3) is 7.02. The van der Waals surface area contributed by atoms with Crippen molar-refractivity contribution >= 4 is 45.9 Å². The van der Waals surface area contributed by atoms with Crippen LogP contribution in [0.2, 0.25) is 0 Å². The summed E-state index contributed by atoms with van der Waals surface area (Å²) in [5.41, 5.74) is 3.10. The number of carbonyl (C=O) groups excluding carboxylic acids is 3. The molecule has 2 aliphatic heterocycles. The Bertz CT molecular complexity index is 1110. The SMILES string of the molecule is CC(=O)c1ccc(NC(=O)C[C@@H]2SC(=Nc3ccc(C)cc3)N(CCCN3CCOCC3)C2=O)cc1. The Labute approximate surface area is 216 Å². The molecule has 0 aromatic heterocycles. The number of hydrogen-bond donors (Lipinski definition) is 1.